The van der Waals surface area contributed by atoms with Crippen LogP contribution < -0.4 is 5.32 Å². The van der Waals surface area contributed by atoms with E-state index in [9.17, 15) is 9.59 Å². The summed E-state index contributed by atoms with van der Waals surface area (Å²) in [4.78, 5) is 25.7. The Morgan fingerprint density at radius 3 is 2.68 bits per heavy atom. The van der Waals surface area contributed by atoms with Crippen molar-refractivity contribution in [1.29, 1.82) is 0 Å². The lowest BCUT2D eigenvalue weighted by Crippen LogP contribution is -2.55. The van der Waals surface area contributed by atoms with Crippen LogP contribution >= 0.6 is 0 Å². The number of nitrogens with zero attached hydrogens (tertiary/aromatic N) is 1. The van der Waals surface area contributed by atoms with E-state index in [1.807, 2.05) is 36.1 Å². The zero-order valence-corrected chi connectivity index (χ0v) is 11.5. The summed E-state index contributed by atoms with van der Waals surface area (Å²) in [6.07, 6.45) is 0.970. The molecule has 1 unspecified atom stereocenters. The van der Waals surface area contributed by atoms with E-state index in [4.69, 9.17) is 0 Å². The van der Waals surface area contributed by atoms with Crippen molar-refractivity contribution in [2.45, 2.75) is 26.3 Å². The molecule has 1 fully saturated rings. The first-order valence-corrected chi connectivity index (χ1v) is 6.75. The first kappa shape index (κ1) is 13.7. The molecule has 0 bridgehead atoms. The first-order chi connectivity index (χ1) is 9.11. The van der Waals surface area contributed by atoms with E-state index in [-0.39, 0.29) is 17.7 Å². The normalized spacial score (nSPS) is 20.1. The average molecular weight is 260 g/mol. The van der Waals surface area contributed by atoms with Gasteiger partial charge in [-0.1, -0.05) is 31.2 Å². The second kappa shape index (κ2) is 5.97. The van der Waals surface area contributed by atoms with Crippen molar-refractivity contribution in [3.63, 3.8) is 0 Å². The molecule has 4 heteroatoms. The number of Topliss-reactive ketones (excluding diaryl/α,β-unsaturated/α-hetero) is 1. The first-order valence-electron chi connectivity index (χ1n) is 6.75. The lowest BCUT2D eigenvalue weighted by molar-refractivity contribution is -0.127. The van der Waals surface area contributed by atoms with E-state index in [1.165, 1.54) is 5.56 Å². The topological polar surface area (TPSA) is 49.4 Å². The van der Waals surface area contributed by atoms with E-state index >= 15 is 0 Å². The Hall–Kier alpha value is -1.68. The van der Waals surface area contributed by atoms with Gasteiger partial charge >= 0.3 is 0 Å². The Morgan fingerprint density at radius 2 is 2.05 bits per heavy atom. The molecule has 0 aliphatic carbocycles. The summed E-state index contributed by atoms with van der Waals surface area (Å²) in [6, 6.07) is 7.48. The van der Waals surface area contributed by atoms with Gasteiger partial charge in [0.25, 0.3) is 0 Å². The van der Waals surface area contributed by atoms with Crippen molar-refractivity contribution in [3.05, 3.63) is 35.4 Å². The molecule has 2 rings (SSSR count). The number of nitrogens with one attached hydrogen (secondary N) is 1. The lowest BCUT2D eigenvalue weighted by Gasteiger charge is -2.32. The largest absolute Gasteiger partial charge is 0.353 e. The van der Waals surface area contributed by atoms with Crippen molar-refractivity contribution in [2.24, 2.45) is 0 Å². The van der Waals surface area contributed by atoms with Crippen molar-refractivity contribution < 1.29 is 9.59 Å². The minimum absolute atomic E-state index is 0.000353. The lowest BCUT2D eigenvalue weighted by atomic mass is 10.1. The molecule has 1 N–H and O–H groups in total. The van der Waals surface area contributed by atoms with Gasteiger partial charge in [0.15, 0.2) is 5.78 Å². The van der Waals surface area contributed by atoms with Crippen LogP contribution in [0.25, 0.3) is 0 Å². The van der Waals surface area contributed by atoms with Gasteiger partial charge in [-0.05, 0) is 18.9 Å². The van der Waals surface area contributed by atoms with Crippen molar-refractivity contribution in [1.82, 2.24) is 10.2 Å². The number of hydrogen-bond donors (Lipinski definition) is 1. The predicted molar refractivity (Wildman–Crippen MR) is 74.2 cm³/mol. The smallest absolute Gasteiger partial charge is 0.237 e. The standard InChI is InChI=1S/C15H20N2O2/c1-3-12-4-6-13(7-5-12)14(18)10-17-9-8-16-15(19)11(17)2/h4-7,11H,3,8-10H2,1-2H3,(H,16,19). The van der Waals surface area contributed by atoms with E-state index in [0.29, 0.717) is 13.1 Å². The van der Waals surface area contributed by atoms with Crippen LogP contribution in [-0.2, 0) is 11.2 Å². The number of carbonyl (C=O) groups excluding carboxylic acids is 2. The number of aryl methyl sites for hydroxylation is 1. The molecule has 1 aliphatic heterocycles. The van der Waals surface area contributed by atoms with Gasteiger partial charge in [-0.25, -0.2) is 0 Å². The van der Waals surface area contributed by atoms with Gasteiger partial charge in [-0.3, -0.25) is 14.5 Å². The number of benzene rings is 1. The van der Waals surface area contributed by atoms with E-state index < -0.39 is 0 Å². The van der Waals surface area contributed by atoms with Crippen LogP contribution in [0.5, 0.6) is 0 Å². The third-order valence-corrected chi connectivity index (χ3v) is 3.66. The van der Waals surface area contributed by atoms with Crippen LogP contribution in [0.1, 0.15) is 29.8 Å². The molecule has 1 heterocycles. The zero-order chi connectivity index (χ0) is 13.8. The Balaban J connectivity index is 2.01. The third kappa shape index (κ3) is 3.20. The Morgan fingerprint density at radius 1 is 1.37 bits per heavy atom. The highest BCUT2D eigenvalue weighted by Gasteiger charge is 2.26. The summed E-state index contributed by atoms with van der Waals surface area (Å²) in [5, 5.41) is 2.80. The molecular formula is C15H20N2O2. The van der Waals surface area contributed by atoms with Gasteiger partial charge in [-0.15, -0.1) is 0 Å². The molecule has 102 valence electrons. The molecule has 0 aromatic heterocycles. The molecular weight excluding hydrogens is 240 g/mol. The monoisotopic (exact) mass is 260 g/mol. The van der Waals surface area contributed by atoms with Crippen molar-refractivity contribution in [2.75, 3.05) is 19.6 Å². The molecule has 1 atom stereocenters. The van der Waals surface area contributed by atoms with Gasteiger partial charge in [0.2, 0.25) is 5.91 Å². The quantitative estimate of drug-likeness (QED) is 0.829. The maximum absolute atomic E-state index is 12.2. The fraction of sp³-hybridized carbons (Fsp3) is 0.467. The summed E-state index contributed by atoms with van der Waals surface area (Å²) in [5.74, 6) is 0.0737. The molecule has 0 radical (unpaired) electrons. The van der Waals surface area contributed by atoms with Gasteiger partial charge in [-0.2, -0.15) is 0 Å². The number of carbonyl (C=O) groups is 2. The van der Waals surface area contributed by atoms with Gasteiger partial charge in [0, 0.05) is 18.7 Å². The van der Waals surface area contributed by atoms with Crippen molar-refractivity contribution >= 4 is 11.7 Å². The number of hydrogen-bond acceptors (Lipinski definition) is 3. The highest BCUT2D eigenvalue weighted by molar-refractivity contribution is 5.98. The SMILES string of the molecule is CCc1ccc(C(=O)CN2CCNC(=O)C2C)cc1. The van der Waals surface area contributed by atoms with E-state index in [2.05, 4.69) is 12.2 Å². The van der Waals surface area contributed by atoms with Crippen LogP contribution in [0, 0.1) is 0 Å². The van der Waals surface area contributed by atoms with Crippen LogP contribution in [0.15, 0.2) is 24.3 Å². The highest BCUT2D eigenvalue weighted by Crippen LogP contribution is 2.09. The summed E-state index contributed by atoms with van der Waals surface area (Å²) >= 11 is 0. The maximum atomic E-state index is 12.2. The molecule has 0 saturated carbocycles. The Kier molecular flexibility index (Phi) is 4.32. The number of piperazine rings is 1. The molecule has 1 aromatic rings. The number of rotatable bonds is 4. The number of amides is 1. The Labute approximate surface area is 113 Å². The van der Waals surface area contributed by atoms with Crippen LogP contribution in [0.2, 0.25) is 0 Å². The van der Waals surface area contributed by atoms with Gasteiger partial charge in [0.1, 0.15) is 0 Å². The fourth-order valence-corrected chi connectivity index (χ4v) is 2.25. The minimum atomic E-state index is -0.229. The third-order valence-electron chi connectivity index (χ3n) is 3.66. The summed E-state index contributed by atoms with van der Waals surface area (Å²) in [6.45, 7) is 5.57. The van der Waals surface area contributed by atoms with Crippen LogP contribution in [-0.4, -0.2) is 42.3 Å². The highest BCUT2D eigenvalue weighted by atomic mass is 16.2. The van der Waals surface area contributed by atoms with Crippen molar-refractivity contribution in [3.8, 4) is 0 Å². The van der Waals surface area contributed by atoms with Gasteiger partial charge in [0.05, 0.1) is 12.6 Å². The molecule has 1 saturated heterocycles. The zero-order valence-electron chi connectivity index (χ0n) is 11.5. The van der Waals surface area contributed by atoms with Crippen LogP contribution in [0.4, 0.5) is 0 Å². The van der Waals surface area contributed by atoms with Gasteiger partial charge < -0.3 is 5.32 Å². The molecule has 19 heavy (non-hydrogen) atoms. The molecule has 1 aromatic carbocycles. The minimum Gasteiger partial charge on any atom is -0.353 e. The van der Waals surface area contributed by atoms with E-state index in [0.717, 1.165) is 18.5 Å². The average Bonchev–Trinajstić information content (AvgIpc) is 2.44. The Bertz CT molecular complexity index is 468. The number of ketones is 1. The van der Waals surface area contributed by atoms with E-state index in [1.54, 1.807) is 0 Å². The summed E-state index contributed by atoms with van der Waals surface area (Å²) in [7, 11) is 0. The van der Waals surface area contributed by atoms with Crippen LogP contribution in [0.3, 0.4) is 0 Å². The molecule has 4 nitrogen and oxygen atoms in total. The fourth-order valence-electron chi connectivity index (χ4n) is 2.25. The predicted octanol–water partition coefficient (Wildman–Crippen LogP) is 1.25. The molecule has 0 spiro atoms. The molecule has 1 aliphatic rings. The second-order valence-electron chi connectivity index (χ2n) is 4.91. The summed E-state index contributed by atoms with van der Waals surface area (Å²) < 4.78 is 0. The summed E-state index contributed by atoms with van der Waals surface area (Å²) in [5.41, 5.74) is 1.94. The second-order valence-corrected chi connectivity index (χ2v) is 4.91. The maximum Gasteiger partial charge on any atom is 0.237 e. The molecule has 1 amide bonds.